The highest BCUT2D eigenvalue weighted by Gasteiger charge is 2.36. The minimum absolute atomic E-state index is 0.0898. The molecule has 1 aliphatic carbocycles. The topological polar surface area (TPSA) is 54.4 Å². The minimum atomic E-state index is -0.789. The number of hydrogen-bond donors (Lipinski definition) is 1. The van der Waals surface area contributed by atoms with Crippen molar-refractivity contribution in [2.24, 2.45) is 5.41 Å². The van der Waals surface area contributed by atoms with Crippen molar-refractivity contribution < 1.29 is 14.7 Å². The molecule has 0 amide bonds. The second kappa shape index (κ2) is 6.39. The third-order valence-corrected chi connectivity index (χ3v) is 6.29. The zero-order valence-corrected chi connectivity index (χ0v) is 14.0. The summed E-state index contributed by atoms with van der Waals surface area (Å²) in [6, 6.07) is 1.90. The molecule has 0 radical (unpaired) electrons. The molecule has 0 aliphatic heterocycles. The van der Waals surface area contributed by atoms with E-state index in [1.165, 1.54) is 11.3 Å². The summed E-state index contributed by atoms with van der Waals surface area (Å²) >= 11 is 4.88. The third-order valence-electron chi connectivity index (χ3n) is 4.11. The molecule has 0 atom stereocenters. The van der Waals surface area contributed by atoms with E-state index in [9.17, 15) is 9.59 Å². The van der Waals surface area contributed by atoms with Crippen LogP contribution >= 0.6 is 27.3 Å². The molecule has 0 saturated heterocycles. The molecular weight excluding hydrogens is 340 g/mol. The Kier molecular flexibility index (Phi) is 5.02. The van der Waals surface area contributed by atoms with Gasteiger partial charge in [-0.2, -0.15) is 0 Å². The summed E-state index contributed by atoms with van der Waals surface area (Å²) in [6.07, 6.45) is 5.42. The van der Waals surface area contributed by atoms with Crippen molar-refractivity contribution in [1.82, 2.24) is 0 Å². The summed E-state index contributed by atoms with van der Waals surface area (Å²) in [5.41, 5.74) is 0.736. The van der Waals surface area contributed by atoms with Crippen molar-refractivity contribution in [2.45, 2.75) is 51.9 Å². The fourth-order valence-corrected chi connectivity index (χ4v) is 4.54. The lowest BCUT2D eigenvalue weighted by Gasteiger charge is -2.35. The average molecular weight is 359 g/mol. The molecule has 0 aromatic carbocycles. The Morgan fingerprint density at radius 3 is 2.45 bits per heavy atom. The maximum absolute atomic E-state index is 12.5. The van der Waals surface area contributed by atoms with Gasteiger partial charge >= 0.3 is 5.97 Å². The monoisotopic (exact) mass is 358 g/mol. The largest absolute Gasteiger partial charge is 0.481 e. The van der Waals surface area contributed by atoms with Gasteiger partial charge in [0.1, 0.15) is 0 Å². The van der Waals surface area contributed by atoms with E-state index in [0.717, 1.165) is 46.3 Å². The number of carbonyl (C=O) groups is 2. The van der Waals surface area contributed by atoms with Gasteiger partial charge in [0.25, 0.3) is 0 Å². The minimum Gasteiger partial charge on any atom is -0.481 e. The van der Waals surface area contributed by atoms with Crippen molar-refractivity contribution >= 4 is 39.0 Å². The number of rotatable bonds is 5. The lowest BCUT2D eigenvalue weighted by molar-refractivity contribution is -0.140. The molecule has 20 heavy (non-hydrogen) atoms. The smallest absolute Gasteiger partial charge is 0.303 e. The maximum atomic E-state index is 12.5. The van der Waals surface area contributed by atoms with Crippen LogP contribution in [-0.4, -0.2) is 16.9 Å². The standard InChI is InChI=1S/C15H19BrO3S/c1-10-7-12(20-14(10)16)11(17)8-15(9-13(18)19)5-3-2-4-6-15/h7H,2-6,8-9H2,1H3,(H,18,19). The summed E-state index contributed by atoms with van der Waals surface area (Å²) in [7, 11) is 0. The van der Waals surface area contributed by atoms with Crippen molar-refractivity contribution in [3.05, 3.63) is 20.3 Å². The van der Waals surface area contributed by atoms with Gasteiger partial charge in [0, 0.05) is 6.42 Å². The fraction of sp³-hybridized carbons (Fsp3) is 0.600. The van der Waals surface area contributed by atoms with Crippen LogP contribution in [0.3, 0.4) is 0 Å². The van der Waals surface area contributed by atoms with Crippen LogP contribution in [0.5, 0.6) is 0 Å². The zero-order valence-electron chi connectivity index (χ0n) is 11.6. The van der Waals surface area contributed by atoms with E-state index in [-0.39, 0.29) is 17.6 Å². The highest BCUT2D eigenvalue weighted by molar-refractivity contribution is 9.11. The molecule has 1 fully saturated rings. The van der Waals surface area contributed by atoms with Gasteiger partial charge in [-0.15, -0.1) is 11.3 Å². The predicted molar refractivity (Wildman–Crippen MR) is 83.5 cm³/mol. The van der Waals surface area contributed by atoms with Crippen molar-refractivity contribution in [1.29, 1.82) is 0 Å². The van der Waals surface area contributed by atoms with E-state index in [0.29, 0.717) is 6.42 Å². The van der Waals surface area contributed by atoms with E-state index in [1.54, 1.807) is 0 Å². The summed E-state index contributed by atoms with van der Waals surface area (Å²) in [5.74, 6) is -0.699. The fourth-order valence-electron chi connectivity index (χ4n) is 3.06. The van der Waals surface area contributed by atoms with Crippen LogP contribution in [-0.2, 0) is 4.79 Å². The van der Waals surface area contributed by atoms with Crippen LogP contribution in [0.4, 0.5) is 0 Å². The number of thiophene rings is 1. The molecule has 110 valence electrons. The van der Waals surface area contributed by atoms with Crippen LogP contribution < -0.4 is 0 Å². The first-order chi connectivity index (χ1) is 9.42. The Balaban J connectivity index is 2.14. The zero-order chi connectivity index (χ0) is 14.8. The maximum Gasteiger partial charge on any atom is 0.303 e. The van der Waals surface area contributed by atoms with Crippen molar-refractivity contribution in [3.63, 3.8) is 0 Å². The predicted octanol–water partition coefficient (Wildman–Crippen LogP) is 4.82. The van der Waals surface area contributed by atoms with Crippen LogP contribution in [0.1, 0.15) is 60.2 Å². The van der Waals surface area contributed by atoms with Gasteiger partial charge in [-0.25, -0.2) is 0 Å². The second-order valence-corrected chi connectivity index (χ2v) is 8.17. The van der Waals surface area contributed by atoms with Crippen LogP contribution in [0.15, 0.2) is 9.85 Å². The van der Waals surface area contributed by atoms with E-state index in [2.05, 4.69) is 15.9 Å². The lowest BCUT2D eigenvalue weighted by Crippen LogP contribution is -2.30. The van der Waals surface area contributed by atoms with Gasteiger partial charge in [-0.3, -0.25) is 9.59 Å². The number of Topliss-reactive ketones (excluding diaryl/α,β-unsaturated/α-hetero) is 1. The summed E-state index contributed by atoms with van der Waals surface area (Å²) in [4.78, 5) is 24.3. The Morgan fingerprint density at radius 1 is 1.30 bits per heavy atom. The number of hydrogen-bond acceptors (Lipinski definition) is 3. The van der Waals surface area contributed by atoms with Gasteiger partial charge in [-0.1, -0.05) is 19.3 Å². The number of carboxylic acid groups (broad SMARTS) is 1. The number of carboxylic acids is 1. The molecule has 5 heteroatoms. The molecule has 1 saturated carbocycles. The van der Waals surface area contributed by atoms with Gasteiger partial charge in [0.15, 0.2) is 5.78 Å². The first-order valence-electron chi connectivity index (χ1n) is 6.93. The number of aliphatic carboxylic acids is 1. The number of aryl methyl sites for hydroxylation is 1. The third kappa shape index (κ3) is 3.70. The van der Waals surface area contributed by atoms with Gasteiger partial charge in [0.05, 0.1) is 15.1 Å². The Morgan fingerprint density at radius 2 is 1.95 bits per heavy atom. The summed E-state index contributed by atoms with van der Waals surface area (Å²) < 4.78 is 0.983. The SMILES string of the molecule is Cc1cc(C(=O)CC2(CC(=O)O)CCCCC2)sc1Br. The van der Waals surface area contributed by atoms with Crippen LogP contribution in [0.25, 0.3) is 0 Å². The Labute approximate surface area is 131 Å². The molecule has 1 N–H and O–H groups in total. The molecule has 1 aromatic rings. The first kappa shape index (κ1) is 15.7. The first-order valence-corrected chi connectivity index (χ1v) is 8.54. The number of carbonyl (C=O) groups excluding carboxylic acids is 1. The quantitative estimate of drug-likeness (QED) is 0.767. The Bertz CT molecular complexity index is 496. The van der Waals surface area contributed by atoms with E-state index >= 15 is 0 Å². The van der Waals surface area contributed by atoms with E-state index < -0.39 is 5.97 Å². The summed E-state index contributed by atoms with van der Waals surface area (Å²) in [6.45, 7) is 1.96. The Hall–Kier alpha value is -0.680. The normalized spacial score (nSPS) is 17.9. The lowest BCUT2D eigenvalue weighted by atomic mass is 9.69. The van der Waals surface area contributed by atoms with Gasteiger partial charge < -0.3 is 5.11 Å². The van der Waals surface area contributed by atoms with Gasteiger partial charge in [-0.05, 0) is 52.7 Å². The molecule has 1 aliphatic rings. The molecular formula is C15H19BrO3S. The van der Waals surface area contributed by atoms with Crippen molar-refractivity contribution in [3.8, 4) is 0 Å². The molecule has 1 aromatic heterocycles. The molecule has 3 nitrogen and oxygen atoms in total. The average Bonchev–Trinajstić information content (AvgIpc) is 2.69. The van der Waals surface area contributed by atoms with E-state index in [4.69, 9.17) is 5.11 Å². The number of ketones is 1. The molecule has 2 rings (SSSR count). The highest BCUT2D eigenvalue weighted by atomic mass is 79.9. The highest BCUT2D eigenvalue weighted by Crippen LogP contribution is 2.43. The van der Waals surface area contributed by atoms with Crippen LogP contribution in [0.2, 0.25) is 0 Å². The molecule has 0 bridgehead atoms. The van der Waals surface area contributed by atoms with E-state index in [1.807, 2.05) is 13.0 Å². The second-order valence-electron chi connectivity index (χ2n) is 5.80. The van der Waals surface area contributed by atoms with Crippen molar-refractivity contribution in [2.75, 3.05) is 0 Å². The van der Waals surface area contributed by atoms with Gasteiger partial charge in [0.2, 0.25) is 0 Å². The molecule has 0 spiro atoms. The summed E-state index contributed by atoms with van der Waals surface area (Å²) in [5, 5.41) is 9.15. The molecule has 1 heterocycles. The van der Waals surface area contributed by atoms with Crippen LogP contribution in [0, 0.1) is 12.3 Å². The number of halogens is 1. The molecule has 0 unspecified atom stereocenters.